The highest BCUT2D eigenvalue weighted by molar-refractivity contribution is 7.81. The third-order valence-corrected chi connectivity index (χ3v) is 4.71. The summed E-state index contributed by atoms with van der Waals surface area (Å²) in [6, 6.07) is 0. The minimum absolute atomic E-state index is 0.427. The number of carbonyl (C=O) groups is 1. The summed E-state index contributed by atoms with van der Waals surface area (Å²) in [4.78, 5) is 11.9. The van der Waals surface area contributed by atoms with Gasteiger partial charge >= 0.3 is 16.4 Å². The van der Waals surface area contributed by atoms with Gasteiger partial charge in [-0.25, -0.2) is 0 Å². The highest BCUT2D eigenvalue weighted by Crippen LogP contribution is 2.21. The second-order valence-corrected chi connectivity index (χ2v) is 7.66. The molecule has 0 rings (SSSR count). The van der Waals surface area contributed by atoms with Crippen LogP contribution in [0, 0.1) is 5.92 Å². The van der Waals surface area contributed by atoms with Crippen molar-refractivity contribution >= 4 is 16.4 Å². The van der Waals surface area contributed by atoms with E-state index >= 15 is 0 Å². The molecule has 0 radical (unpaired) electrons. The first-order valence-electron chi connectivity index (χ1n) is 9.61. The first-order chi connectivity index (χ1) is 11.4. The van der Waals surface area contributed by atoms with Gasteiger partial charge in [-0.1, -0.05) is 90.9 Å². The molecular formula is C18H36O5S. The smallest absolute Gasteiger partial charge is 0.325 e. The van der Waals surface area contributed by atoms with E-state index in [2.05, 4.69) is 18.0 Å². The van der Waals surface area contributed by atoms with Crippen molar-refractivity contribution in [1.29, 1.82) is 0 Å². The first kappa shape index (κ1) is 23.4. The van der Waals surface area contributed by atoms with Gasteiger partial charge in [-0.3, -0.25) is 9.35 Å². The zero-order valence-corrected chi connectivity index (χ0v) is 16.3. The van der Waals surface area contributed by atoms with Crippen LogP contribution in [0.2, 0.25) is 0 Å². The average molecular weight is 365 g/mol. The lowest BCUT2D eigenvalue weighted by molar-refractivity contribution is -0.139. The molecule has 0 fully saturated rings. The Morgan fingerprint density at radius 1 is 0.792 bits per heavy atom. The van der Waals surface area contributed by atoms with Crippen LogP contribution in [0.1, 0.15) is 104 Å². The minimum Gasteiger partial charge on any atom is -0.325 e. The second-order valence-electron chi connectivity index (χ2n) is 6.64. The summed E-state index contributed by atoms with van der Waals surface area (Å²) >= 11 is 0. The van der Waals surface area contributed by atoms with Gasteiger partial charge in [-0.05, 0) is 12.8 Å². The van der Waals surface area contributed by atoms with Crippen molar-refractivity contribution in [3.63, 3.8) is 0 Å². The highest BCUT2D eigenvalue weighted by atomic mass is 32.3. The molecule has 0 aromatic rings. The maximum Gasteiger partial charge on any atom is 0.448 e. The molecule has 0 aliphatic rings. The van der Waals surface area contributed by atoms with Crippen LogP contribution in [-0.4, -0.2) is 18.9 Å². The van der Waals surface area contributed by atoms with Gasteiger partial charge in [0.1, 0.15) is 0 Å². The van der Waals surface area contributed by atoms with Crippen molar-refractivity contribution in [1.82, 2.24) is 0 Å². The summed E-state index contributed by atoms with van der Waals surface area (Å²) in [6.45, 7) is 4.32. The van der Waals surface area contributed by atoms with E-state index in [1.165, 1.54) is 32.1 Å². The SMILES string of the molecule is CCCCCCCCCCC(CCCCCC)C(=O)OS(=O)(=O)O. The second kappa shape index (κ2) is 14.7. The lowest BCUT2D eigenvalue weighted by Crippen LogP contribution is -2.21. The van der Waals surface area contributed by atoms with Gasteiger partial charge in [0.25, 0.3) is 0 Å². The van der Waals surface area contributed by atoms with E-state index < -0.39 is 22.3 Å². The molecule has 1 atom stereocenters. The number of carbonyl (C=O) groups excluding carboxylic acids is 1. The zero-order valence-electron chi connectivity index (χ0n) is 15.5. The van der Waals surface area contributed by atoms with Gasteiger partial charge in [0.2, 0.25) is 0 Å². The molecule has 0 amide bonds. The van der Waals surface area contributed by atoms with Crippen molar-refractivity contribution in [3.8, 4) is 0 Å². The topological polar surface area (TPSA) is 80.7 Å². The molecule has 0 spiro atoms. The maximum absolute atomic E-state index is 11.9. The van der Waals surface area contributed by atoms with Crippen LogP contribution in [0.5, 0.6) is 0 Å². The molecule has 0 heterocycles. The first-order valence-corrected chi connectivity index (χ1v) is 11.0. The van der Waals surface area contributed by atoms with Crippen molar-refractivity contribution in [2.75, 3.05) is 0 Å². The van der Waals surface area contributed by atoms with Gasteiger partial charge in [-0.15, -0.1) is 0 Å². The number of unbranched alkanes of at least 4 members (excludes halogenated alkanes) is 10. The van der Waals surface area contributed by atoms with E-state index in [0.717, 1.165) is 44.9 Å². The van der Waals surface area contributed by atoms with Crippen molar-refractivity contribution in [3.05, 3.63) is 0 Å². The molecule has 0 bridgehead atoms. The largest absolute Gasteiger partial charge is 0.448 e. The zero-order chi connectivity index (χ0) is 18.3. The fraction of sp³-hybridized carbons (Fsp3) is 0.944. The molecule has 144 valence electrons. The monoisotopic (exact) mass is 364 g/mol. The van der Waals surface area contributed by atoms with Crippen molar-refractivity contribution in [2.24, 2.45) is 5.92 Å². The van der Waals surface area contributed by atoms with Gasteiger partial charge in [0.15, 0.2) is 0 Å². The van der Waals surface area contributed by atoms with Gasteiger partial charge in [-0.2, -0.15) is 8.42 Å². The maximum atomic E-state index is 11.9. The summed E-state index contributed by atoms with van der Waals surface area (Å²) in [5.74, 6) is -1.24. The van der Waals surface area contributed by atoms with Crippen molar-refractivity contribution in [2.45, 2.75) is 104 Å². The Bertz CT molecular complexity index is 406. The summed E-state index contributed by atoms with van der Waals surface area (Å²) in [5, 5.41) is 0. The Labute approximate surface area is 148 Å². The van der Waals surface area contributed by atoms with Crippen LogP contribution in [-0.2, 0) is 19.4 Å². The molecule has 0 aliphatic heterocycles. The van der Waals surface area contributed by atoms with E-state index in [4.69, 9.17) is 4.55 Å². The normalized spacial score (nSPS) is 13.0. The van der Waals surface area contributed by atoms with Crippen LogP contribution < -0.4 is 0 Å². The molecule has 6 heteroatoms. The Morgan fingerprint density at radius 2 is 1.17 bits per heavy atom. The fourth-order valence-electron chi connectivity index (χ4n) is 2.89. The lowest BCUT2D eigenvalue weighted by Gasteiger charge is -2.14. The molecule has 0 saturated carbocycles. The number of hydrogen-bond acceptors (Lipinski definition) is 4. The Balaban J connectivity index is 4.07. The summed E-state index contributed by atoms with van der Waals surface area (Å²) in [5.41, 5.74) is 0. The van der Waals surface area contributed by atoms with Gasteiger partial charge in [0, 0.05) is 0 Å². The van der Waals surface area contributed by atoms with Crippen LogP contribution >= 0.6 is 0 Å². The van der Waals surface area contributed by atoms with Crippen LogP contribution in [0.25, 0.3) is 0 Å². The average Bonchev–Trinajstić information content (AvgIpc) is 2.50. The van der Waals surface area contributed by atoms with E-state index in [1.54, 1.807) is 0 Å². The Morgan fingerprint density at radius 3 is 1.58 bits per heavy atom. The van der Waals surface area contributed by atoms with Gasteiger partial charge in [0.05, 0.1) is 5.92 Å². The van der Waals surface area contributed by atoms with Crippen LogP contribution in [0.3, 0.4) is 0 Å². The molecule has 1 unspecified atom stereocenters. The van der Waals surface area contributed by atoms with E-state index in [-0.39, 0.29) is 0 Å². The van der Waals surface area contributed by atoms with Crippen LogP contribution in [0.4, 0.5) is 0 Å². The van der Waals surface area contributed by atoms with E-state index in [9.17, 15) is 13.2 Å². The minimum atomic E-state index is -4.70. The van der Waals surface area contributed by atoms with E-state index in [0.29, 0.717) is 12.8 Å². The summed E-state index contributed by atoms with van der Waals surface area (Å²) < 4.78 is 34.3. The number of hydrogen-bond donors (Lipinski definition) is 1. The van der Waals surface area contributed by atoms with Crippen molar-refractivity contribution < 1.29 is 21.9 Å². The molecule has 0 aromatic heterocycles. The summed E-state index contributed by atoms with van der Waals surface area (Å²) in [7, 11) is -4.70. The van der Waals surface area contributed by atoms with Crippen LogP contribution in [0.15, 0.2) is 0 Å². The fourth-order valence-corrected chi connectivity index (χ4v) is 3.24. The molecule has 24 heavy (non-hydrogen) atoms. The molecule has 1 N–H and O–H groups in total. The Hall–Kier alpha value is -0.620. The highest BCUT2D eigenvalue weighted by Gasteiger charge is 2.23. The van der Waals surface area contributed by atoms with Gasteiger partial charge < -0.3 is 4.18 Å². The number of rotatable bonds is 16. The third kappa shape index (κ3) is 14.9. The molecule has 0 saturated heterocycles. The molecule has 0 aliphatic carbocycles. The quantitative estimate of drug-likeness (QED) is 0.291. The standard InChI is InChI=1S/C18H36O5S/c1-3-5-7-9-10-11-12-14-16-17(15-13-8-6-4-2)18(19)23-24(20,21)22/h17H,3-16H2,1-2H3,(H,20,21,22). The lowest BCUT2D eigenvalue weighted by atomic mass is 9.94. The molecular weight excluding hydrogens is 328 g/mol. The third-order valence-electron chi connectivity index (χ3n) is 4.33. The molecule has 0 aromatic carbocycles. The predicted octanol–water partition coefficient (Wildman–Crippen LogP) is 5.45. The Kier molecular flexibility index (Phi) is 14.3. The van der Waals surface area contributed by atoms with E-state index in [1.807, 2.05) is 0 Å². The summed E-state index contributed by atoms with van der Waals surface area (Å²) in [6.07, 6.45) is 14.8. The molecule has 5 nitrogen and oxygen atoms in total. The predicted molar refractivity (Wildman–Crippen MR) is 97.1 cm³/mol.